The topological polar surface area (TPSA) is 352 Å². The minimum absolute atomic E-state index is 0. The Morgan fingerprint density at radius 1 is 0.150 bits per heavy atom. The third-order valence-electron chi connectivity index (χ3n) is 24.1. The quantitative estimate of drug-likeness (QED) is 0.0403. The predicted octanol–water partition coefficient (Wildman–Crippen LogP) is 29.5. The first kappa shape index (κ1) is 141. The maximum Gasteiger partial charge on any atom is 0.267 e. The summed E-state index contributed by atoms with van der Waals surface area (Å²) in [6, 6.07) is 0. The van der Waals surface area contributed by atoms with Crippen molar-refractivity contribution in [3.8, 4) is 0 Å². The molecule has 0 aromatic heterocycles. The summed E-state index contributed by atoms with van der Waals surface area (Å²) in [6.07, 6.45) is 50.3. The molecule has 31 heteroatoms. The van der Waals surface area contributed by atoms with Gasteiger partial charge in [-0.1, -0.05) is 397 Å². The third kappa shape index (κ3) is 94.7. The van der Waals surface area contributed by atoms with E-state index in [1.807, 2.05) is 0 Å². The van der Waals surface area contributed by atoms with E-state index in [2.05, 4.69) is 166 Å². The molecule has 0 aromatic carbocycles. The van der Waals surface area contributed by atoms with Gasteiger partial charge in [0.05, 0.1) is 79.3 Å². The van der Waals surface area contributed by atoms with E-state index in [4.69, 9.17) is 54.3 Å². The summed E-state index contributed by atoms with van der Waals surface area (Å²) >= 11 is 0. The molecule has 0 aromatic rings. The molecule has 0 fully saturated rings. The van der Waals surface area contributed by atoms with Crippen molar-refractivity contribution >= 4 is 46.9 Å². The van der Waals surface area contributed by atoms with Crippen molar-refractivity contribution in [3.63, 3.8) is 0 Å². The summed E-state index contributed by atoms with van der Waals surface area (Å²) in [4.78, 5) is 70.8. The average molecular weight is 2020 g/mol. The smallest absolute Gasteiger partial charge is 0.267 e. The summed E-state index contributed by atoms with van der Waals surface area (Å²) in [5.74, 6) is 3.64. The molecule has 0 saturated carbocycles. The maximum absolute atomic E-state index is 11.8. The molecule has 0 spiro atoms. The Kier molecular flexibility index (Phi) is 107. The van der Waals surface area contributed by atoms with Crippen LogP contribution in [0.2, 0.25) is 0 Å². The molecule has 12 atom stereocenters. The van der Waals surface area contributed by atoms with E-state index in [1.54, 1.807) is 0 Å². The number of phosphoric ester groups is 6. The van der Waals surface area contributed by atoms with Crippen molar-refractivity contribution in [3.05, 3.63) is 0 Å². The fourth-order valence-corrected chi connectivity index (χ4v) is 18.5. The van der Waals surface area contributed by atoms with E-state index in [0.717, 1.165) is 308 Å². The minimum atomic E-state index is -4.14. The van der Waals surface area contributed by atoms with Crippen molar-refractivity contribution in [2.24, 2.45) is 71.0 Å². The second-order valence-electron chi connectivity index (χ2n) is 35.2. The Bertz CT molecular complexity index is 2000. The molecule has 127 heavy (non-hydrogen) atoms. The normalized spacial score (nSPS) is 17.2. The molecule has 0 aliphatic heterocycles. The van der Waals surface area contributed by atoms with E-state index in [0.29, 0.717) is 71.0 Å². The van der Waals surface area contributed by atoms with Gasteiger partial charge in [0.1, 0.15) is 0 Å². The van der Waals surface area contributed by atoms with E-state index < -0.39 is 46.9 Å². The standard InChI is InChI=1S/6C16H35O4P.Mo/c6*1-5-9-11-15(7-3)13-19-21(17,18)20-14-16(8-4)12-10-6-2;/h6*15-16H,5-14H2,1-4H3,(H,17,18);/p-6. The number of hydrogen-bond donors (Lipinski definition) is 0. The molecule has 24 nitrogen and oxygen atoms in total. The van der Waals surface area contributed by atoms with Gasteiger partial charge in [0, 0.05) is 21.1 Å². The average Bonchev–Trinajstić information content (AvgIpc) is 0.936. The van der Waals surface area contributed by atoms with Gasteiger partial charge in [0.15, 0.2) is 0 Å². The van der Waals surface area contributed by atoms with Gasteiger partial charge < -0.3 is 83.6 Å². The third-order valence-corrected chi connectivity index (χ3v) is 29.7. The number of unbranched alkanes of at least 4 members (excludes halogenated alkanes) is 12. The van der Waals surface area contributed by atoms with Crippen LogP contribution in [-0.4, -0.2) is 79.3 Å². The van der Waals surface area contributed by atoms with Crippen LogP contribution in [0.5, 0.6) is 0 Å². The summed E-state index contributed by atoms with van der Waals surface area (Å²) in [6.45, 7) is 53.5. The number of rotatable bonds is 84. The summed E-state index contributed by atoms with van der Waals surface area (Å²) in [7, 11) is -24.8. The van der Waals surface area contributed by atoms with Gasteiger partial charge in [-0.15, -0.1) is 0 Å². The fourth-order valence-electron chi connectivity index (χ4n) is 13.4. The Hall–Kier alpha value is 1.35. The van der Waals surface area contributed by atoms with Gasteiger partial charge in [0.25, 0.3) is 46.9 Å². The number of hydrogen-bond acceptors (Lipinski definition) is 24. The Balaban J connectivity index is -0.000000272. The van der Waals surface area contributed by atoms with Crippen molar-refractivity contribution < 1.29 is 132 Å². The van der Waals surface area contributed by atoms with Crippen molar-refractivity contribution in [2.45, 2.75) is 474 Å². The van der Waals surface area contributed by atoms with Gasteiger partial charge in [0.2, 0.25) is 0 Å². The second kappa shape index (κ2) is 96.2. The Morgan fingerprint density at radius 2 is 0.213 bits per heavy atom. The van der Waals surface area contributed by atoms with Crippen LogP contribution in [0.3, 0.4) is 0 Å². The van der Waals surface area contributed by atoms with Gasteiger partial charge in [-0.2, -0.15) is 0 Å². The molecule has 0 bridgehead atoms. The molecule has 0 aliphatic rings. The molecule has 0 N–H and O–H groups in total. The zero-order valence-electron chi connectivity index (χ0n) is 86.2. The van der Waals surface area contributed by atoms with Gasteiger partial charge in [-0.3, -0.25) is 27.4 Å². The van der Waals surface area contributed by atoms with E-state index >= 15 is 0 Å². The van der Waals surface area contributed by atoms with Crippen LogP contribution in [0, 0.1) is 71.0 Å². The van der Waals surface area contributed by atoms with Crippen LogP contribution in [0.25, 0.3) is 0 Å². The van der Waals surface area contributed by atoms with Crippen molar-refractivity contribution in [1.29, 1.82) is 0 Å². The molecular formula is C96H204MoO24P6-6. The van der Waals surface area contributed by atoms with Crippen molar-refractivity contribution in [2.75, 3.05) is 79.3 Å². The van der Waals surface area contributed by atoms with Gasteiger partial charge in [-0.05, 0) is 148 Å². The molecule has 12 unspecified atom stereocenters. The van der Waals surface area contributed by atoms with Gasteiger partial charge in [-0.25, -0.2) is 0 Å². The van der Waals surface area contributed by atoms with Crippen molar-refractivity contribution in [1.82, 2.24) is 0 Å². The maximum atomic E-state index is 11.8. The molecule has 774 valence electrons. The Labute approximate surface area is 798 Å². The van der Waals surface area contributed by atoms with Crippen LogP contribution in [0.4, 0.5) is 0 Å². The fraction of sp³-hybridized carbons (Fsp3) is 1.00. The summed E-state index contributed by atoms with van der Waals surface area (Å²) in [5.41, 5.74) is 0. The van der Waals surface area contributed by atoms with Crippen LogP contribution < -0.4 is 29.4 Å². The monoisotopic (exact) mass is 2030 g/mol. The van der Waals surface area contributed by atoms with E-state index in [-0.39, 0.29) is 100 Å². The molecule has 0 radical (unpaired) electrons. The first-order valence-electron chi connectivity index (χ1n) is 51.5. The first-order chi connectivity index (χ1) is 59.9. The van der Waals surface area contributed by atoms with Gasteiger partial charge >= 0.3 is 0 Å². The minimum Gasteiger partial charge on any atom is -0.756 e. The zero-order valence-corrected chi connectivity index (χ0v) is 93.6. The molecule has 0 rings (SSSR count). The largest absolute Gasteiger partial charge is 0.756 e. The van der Waals surface area contributed by atoms with E-state index in [9.17, 15) is 56.8 Å². The zero-order chi connectivity index (χ0) is 96.8. The van der Waals surface area contributed by atoms with Crippen LogP contribution in [0.15, 0.2) is 0 Å². The summed E-state index contributed by atoms with van der Waals surface area (Å²) in [5, 5.41) is 0. The SMILES string of the molecule is CCCCC(CC)COP(=O)([O-])OCC(CC)CCCC.CCCCC(CC)COP(=O)([O-])OCC(CC)CCCC.CCCCC(CC)COP(=O)([O-])OCC(CC)CCCC.CCCCC(CC)COP(=O)([O-])OCC(CC)CCCC.CCCCC(CC)COP(=O)([O-])OCC(CC)CCCC.CCCCC(CC)COP(=O)([O-])OCC(CC)CCCC.[Mo]. The Morgan fingerprint density at radius 3 is 0.260 bits per heavy atom. The van der Waals surface area contributed by atoms with Crippen LogP contribution in [0.1, 0.15) is 474 Å². The van der Waals surface area contributed by atoms with Crippen LogP contribution >= 0.6 is 46.9 Å². The number of phosphoric acid groups is 6. The van der Waals surface area contributed by atoms with Crippen LogP contribution in [-0.2, 0) is 103 Å². The molecular weight excluding hydrogens is 1820 g/mol. The molecule has 0 amide bonds. The first-order valence-corrected chi connectivity index (χ1v) is 60.3. The molecule has 0 aliphatic carbocycles. The molecule has 0 saturated heterocycles. The van der Waals surface area contributed by atoms with E-state index in [1.165, 1.54) is 0 Å². The predicted molar refractivity (Wildman–Crippen MR) is 517 cm³/mol. The summed E-state index contributed by atoms with van der Waals surface area (Å²) < 4.78 is 131. The molecule has 0 heterocycles. The second-order valence-corrected chi connectivity index (χ2v) is 43.7.